The number of aromatic hydroxyl groups is 1. The van der Waals surface area contributed by atoms with E-state index in [1.54, 1.807) is 12.1 Å². The lowest BCUT2D eigenvalue weighted by Crippen LogP contribution is -1.85. The molecule has 0 spiro atoms. The van der Waals surface area contributed by atoms with Crippen molar-refractivity contribution in [3.63, 3.8) is 0 Å². The van der Waals surface area contributed by atoms with E-state index in [1.165, 1.54) is 20.0 Å². The fourth-order valence-electron chi connectivity index (χ4n) is 1.91. The van der Waals surface area contributed by atoms with E-state index in [-0.39, 0.29) is 5.75 Å². The normalized spacial score (nSPS) is 14.9. The van der Waals surface area contributed by atoms with Gasteiger partial charge in [0.25, 0.3) is 0 Å². The van der Waals surface area contributed by atoms with Crippen LogP contribution in [0.2, 0.25) is 0 Å². The molecule has 0 atom stereocenters. The quantitative estimate of drug-likeness (QED) is 0.852. The number of imidazole rings is 1. The number of methoxy groups -OCH3 is 1. The van der Waals surface area contributed by atoms with E-state index in [1.807, 2.05) is 12.3 Å². The summed E-state index contributed by atoms with van der Waals surface area (Å²) in [7, 11) is 1.54. The number of H-pyrrole nitrogens is 1. The molecule has 0 aliphatic heterocycles. The molecular weight excluding hydrogens is 216 g/mol. The van der Waals surface area contributed by atoms with Crippen molar-refractivity contribution in [1.82, 2.24) is 9.97 Å². The first-order valence-electron chi connectivity index (χ1n) is 5.70. The van der Waals surface area contributed by atoms with Crippen molar-refractivity contribution in [2.45, 2.75) is 18.8 Å². The largest absolute Gasteiger partial charge is 0.504 e. The molecule has 0 saturated heterocycles. The average molecular weight is 230 g/mol. The Balaban J connectivity index is 1.93. The van der Waals surface area contributed by atoms with Gasteiger partial charge in [-0.25, -0.2) is 4.98 Å². The van der Waals surface area contributed by atoms with Crippen LogP contribution in [0.4, 0.5) is 0 Å². The van der Waals surface area contributed by atoms with E-state index < -0.39 is 0 Å². The van der Waals surface area contributed by atoms with E-state index in [0.29, 0.717) is 11.7 Å². The Hall–Kier alpha value is -1.97. The lowest BCUT2D eigenvalue weighted by Gasteiger charge is -2.04. The van der Waals surface area contributed by atoms with Gasteiger partial charge in [-0.1, -0.05) is 0 Å². The van der Waals surface area contributed by atoms with Crippen molar-refractivity contribution >= 4 is 0 Å². The molecule has 0 bridgehead atoms. The molecule has 4 nitrogen and oxygen atoms in total. The highest BCUT2D eigenvalue weighted by Gasteiger charge is 2.26. The van der Waals surface area contributed by atoms with Gasteiger partial charge in [0.2, 0.25) is 0 Å². The van der Waals surface area contributed by atoms with Crippen LogP contribution in [-0.4, -0.2) is 22.2 Å². The molecule has 2 aromatic rings. The number of hydrogen-bond donors (Lipinski definition) is 2. The van der Waals surface area contributed by atoms with Gasteiger partial charge in [0, 0.05) is 11.5 Å². The van der Waals surface area contributed by atoms with Crippen LogP contribution in [0.15, 0.2) is 24.4 Å². The minimum absolute atomic E-state index is 0.146. The van der Waals surface area contributed by atoms with Gasteiger partial charge in [-0.15, -0.1) is 0 Å². The van der Waals surface area contributed by atoms with Crippen molar-refractivity contribution in [3.05, 3.63) is 30.2 Å². The number of benzene rings is 1. The van der Waals surface area contributed by atoms with Crippen LogP contribution in [0.3, 0.4) is 0 Å². The third-order valence-electron chi connectivity index (χ3n) is 3.05. The van der Waals surface area contributed by atoms with Gasteiger partial charge in [0.1, 0.15) is 5.82 Å². The van der Waals surface area contributed by atoms with Crippen molar-refractivity contribution < 1.29 is 9.84 Å². The molecule has 1 aliphatic rings. The molecule has 1 fully saturated rings. The van der Waals surface area contributed by atoms with Crippen molar-refractivity contribution in [2.75, 3.05) is 7.11 Å². The van der Waals surface area contributed by atoms with Crippen molar-refractivity contribution in [1.29, 1.82) is 0 Å². The molecule has 0 unspecified atom stereocenters. The summed E-state index contributed by atoms with van der Waals surface area (Å²) in [4.78, 5) is 7.65. The molecule has 1 aromatic carbocycles. The monoisotopic (exact) mass is 230 g/mol. The molecule has 17 heavy (non-hydrogen) atoms. The lowest BCUT2D eigenvalue weighted by atomic mass is 10.1. The Morgan fingerprint density at radius 3 is 2.88 bits per heavy atom. The molecule has 4 heteroatoms. The zero-order chi connectivity index (χ0) is 11.8. The first kappa shape index (κ1) is 10.2. The summed E-state index contributed by atoms with van der Waals surface area (Å²) in [6.45, 7) is 0. The summed E-state index contributed by atoms with van der Waals surface area (Å²) in [5.41, 5.74) is 1.85. The molecule has 1 aromatic heterocycles. The van der Waals surface area contributed by atoms with Gasteiger partial charge in [-0.2, -0.15) is 0 Å². The van der Waals surface area contributed by atoms with Crippen LogP contribution in [0.25, 0.3) is 11.3 Å². The number of ether oxygens (including phenoxy) is 1. The van der Waals surface area contributed by atoms with Gasteiger partial charge in [-0.05, 0) is 31.0 Å². The summed E-state index contributed by atoms with van der Waals surface area (Å²) >= 11 is 0. The summed E-state index contributed by atoms with van der Waals surface area (Å²) in [5.74, 6) is 2.29. The summed E-state index contributed by atoms with van der Waals surface area (Å²) < 4.78 is 5.01. The Bertz CT molecular complexity index is 544. The highest BCUT2D eigenvalue weighted by atomic mass is 16.5. The van der Waals surface area contributed by atoms with Crippen LogP contribution >= 0.6 is 0 Å². The predicted molar refractivity (Wildman–Crippen MR) is 64.2 cm³/mol. The van der Waals surface area contributed by atoms with Crippen LogP contribution in [-0.2, 0) is 0 Å². The average Bonchev–Trinajstić information content (AvgIpc) is 3.07. The molecule has 1 heterocycles. The Morgan fingerprint density at radius 1 is 1.41 bits per heavy atom. The van der Waals surface area contributed by atoms with E-state index in [2.05, 4.69) is 9.97 Å². The molecule has 1 aliphatic carbocycles. The number of rotatable bonds is 3. The third kappa shape index (κ3) is 1.86. The molecule has 2 N–H and O–H groups in total. The number of nitrogens with one attached hydrogen (secondary N) is 1. The molecule has 0 amide bonds. The molecule has 1 saturated carbocycles. The minimum atomic E-state index is 0.146. The van der Waals surface area contributed by atoms with Crippen molar-refractivity contribution in [3.8, 4) is 22.8 Å². The number of nitrogens with zero attached hydrogens (tertiary/aromatic N) is 1. The van der Waals surface area contributed by atoms with Gasteiger partial charge < -0.3 is 14.8 Å². The maximum absolute atomic E-state index is 9.72. The Labute approximate surface area is 99.3 Å². The molecule has 3 rings (SSSR count). The minimum Gasteiger partial charge on any atom is -0.504 e. The van der Waals surface area contributed by atoms with E-state index in [0.717, 1.165) is 17.1 Å². The zero-order valence-electron chi connectivity index (χ0n) is 9.60. The Morgan fingerprint density at radius 2 is 2.24 bits per heavy atom. The van der Waals surface area contributed by atoms with Crippen LogP contribution in [0.1, 0.15) is 24.6 Å². The number of phenols is 1. The molecule has 88 valence electrons. The standard InChI is InChI=1S/C13H14N2O2/c1-17-12-5-4-9(6-11(12)16)10-7-14-13(15-10)8-2-3-8/h4-8,16H,2-3H2,1H3,(H,14,15). The summed E-state index contributed by atoms with van der Waals surface area (Å²) in [5, 5.41) is 9.72. The maximum atomic E-state index is 9.72. The zero-order valence-corrected chi connectivity index (χ0v) is 9.60. The number of aromatic nitrogens is 2. The first-order valence-corrected chi connectivity index (χ1v) is 5.70. The third-order valence-corrected chi connectivity index (χ3v) is 3.05. The second-order valence-corrected chi connectivity index (χ2v) is 4.34. The topological polar surface area (TPSA) is 58.1 Å². The second kappa shape index (κ2) is 3.80. The second-order valence-electron chi connectivity index (χ2n) is 4.34. The summed E-state index contributed by atoms with van der Waals surface area (Å²) in [6, 6.07) is 5.34. The first-order chi connectivity index (χ1) is 8.28. The van der Waals surface area contributed by atoms with Crippen LogP contribution in [0, 0.1) is 0 Å². The highest BCUT2D eigenvalue weighted by Crippen LogP contribution is 2.39. The summed E-state index contributed by atoms with van der Waals surface area (Å²) in [6.07, 6.45) is 4.26. The van der Waals surface area contributed by atoms with Gasteiger partial charge >= 0.3 is 0 Å². The van der Waals surface area contributed by atoms with E-state index in [4.69, 9.17) is 4.74 Å². The van der Waals surface area contributed by atoms with Gasteiger partial charge in [0.15, 0.2) is 11.5 Å². The maximum Gasteiger partial charge on any atom is 0.160 e. The fourth-order valence-corrected chi connectivity index (χ4v) is 1.91. The lowest BCUT2D eigenvalue weighted by molar-refractivity contribution is 0.373. The van der Waals surface area contributed by atoms with E-state index in [9.17, 15) is 5.11 Å². The number of phenolic OH excluding ortho intramolecular Hbond substituents is 1. The Kier molecular flexibility index (Phi) is 2.28. The molecule has 0 radical (unpaired) electrons. The molecular formula is C13H14N2O2. The highest BCUT2D eigenvalue weighted by molar-refractivity contribution is 5.63. The SMILES string of the molecule is COc1ccc(-c2cnc(C3CC3)[nH]2)cc1O. The number of aromatic amines is 1. The van der Waals surface area contributed by atoms with Crippen LogP contribution in [0.5, 0.6) is 11.5 Å². The van der Waals surface area contributed by atoms with Gasteiger partial charge in [0.05, 0.1) is 19.0 Å². The fraction of sp³-hybridized carbons (Fsp3) is 0.308. The van der Waals surface area contributed by atoms with Crippen LogP contribution < -0.4 is 4.74 Å². The van der Waals surface area contributed by atoms with Crippen molar-refractivity contribution in [2.24, 2.45) is 0 Å². The smallest absolute Gasteiger partial charge is 0.160 e. The number of hydrogen-bond acceptors (Lipinski definition) is 3. The van der Waals surface area contributed by atoms with E-state index >= 15 is 0 Å². The predicted octanol–water partition coefficient (Wildman–Crippen LogP) is 2.67. The van der Waals surface area contributed by atoms with Gasteiger partial charge in [-0.3, -0.25) is 0 Å².